The molecular formula is C11H25NO2. The van der Waals surface area contributed by atoms with Crippen LogP contribution >= 0.6 is 0 Å². The van der Waals surface area contributed by atoms with Crippen LogP contribution in [0.2, 0.25) is 0 Å². The van der Waals surface area contributed by atoms with Gasteiger partial charge in [0.05, 0.1) is 18.8 Å². The van der Waals surface area contributed by atoms with Crippen LogP contribution in [-0.4, -0.2) is 36.0 Å². The number of nitrogens with one attached hydrogen (secondary N) is 1. The lowest BCUT2D eigenvalue weighted by Gasteiger charge is -2.28. The predicted octanol–water partition coefficient (Wildman–Crippen LogP) is 1.55. The van der Waals surface area contributed by atoms with Crippen molar-refractivity contribution in [3.63, 3.8) is 0 Å². The highest BCUT2D eigenvalue weighted by Gasteiger charge is 2.19. The molecule has 3 nitrogen and oxygen atoms in total. The summed E-state index contributed by atoms with van der Waals surface area (Å²) in [5.74, 6) is 0. The van der Waals surface area contributed by atoms with Crippen LogP contribution in [0.1, 0.15) is 41.0 Å². The smallest absolute Gasteiger partial charge is 0.0610 e. The van der Waals surface area contributed by atoms with Gasteiger partial charge in [-0.15, -0.1) is 0 Å². The molecule has 0 aromatic rings. The van der Waals surface area contributed by atoms with Gasteiger partial charge in [0.25, 0.3) is 0 Å². The highest BCUT2D eigenvalue weighted by Crippen LogP contribution is 2.08. The SMILES string of the molecule is CCC(C)(CO)NCCOC(C)(C)C. The van der Waals surface area contributed by atoms with Crippen molar-refractivity contribution in [3.8, 4) is 0 Å². The molecule has 0 saturated carbocycles. The molecule has 2 N–H and O–H groups in total. The summed E-state index contributed by atoms with van der Waals surface area (Å²) in [5, 5.41) is 12.4. The largest absolute Gasteiger partial charge is 0.394 e. The van der Waals surface area contributed by atoms with Crippen LogP contribution in [0.5, 0.6) is 0 Å². The van der Waals surface area contributed by atoms with Crippen molar-refractivity contribution in [1.29, 1.82) is 0 Å². The van der Waals surface area contributed by atoms with Crippen molar-refractivity contribution in [2.24, 2.45) is 0 Å². The van der Waals surface area contributed by atoms with Crippen molar-refractivity contribution in [3.05, 3.63) is 0 Å². The van der Waals surface area contributed by atoms with Crippen LogP contribution in [0.15, 0.2) is 0 Å². The molecule has 0 aliphatic carbocycles. The monoisotopic (exact) mass is 203 g/mol. The third-order valence-electron chi connectivity index (χ3n) is 2.32. The Bertz CT molecular complexity index is 148. The number of aliphatic hydroxyl groups excluding tert-OH is 1. The van der Waals surface area contributed by atoms with E-state index in [1.54, 1.807) is 0 Å². The number of hydrogen-bond acceptors (Lipinski definition) is 3. The molecular weight excluding hydrogens is 178 g/mol. The Morgan fingerprint density at radius 1 is 1.21 bits per heavy atom. The fourth-order valence-electron chi connectivity index (χ4n) is 1.00. The molecule has 0 rings (SSSR count). The second-order valence-corrected chi connectivity index (χ2v) is 4.96. The lowest BCUT2D eigenvalue weighted by Crippen LogP contribution is -2.46. The zero-order chi connectivity index (χ0) is 11.2. The van der Waals surface area contributed by atoms with Crippen LogP contribution < -0.4 is 5.32 Å². The maximum atomic E-state index is 9.14. The van der Waals surface area contributed by atoms with Gasteiger partial charge in [-0.05, 0) is 34.1 Å². The molecule has 0 aromatic heterocycles. The lowest BCUT2D eigenvalue weighted by molar-refractivity contribution is -0.00448. The quantitative estimate of drug-likeness (QED) is 0.644. The molecule has 0 bridgehead atoms. The summed E-state index contributed by atoms with van der Waals surface area (Å²) < 4.78 is 5.57. The Hall–Kier alpha value is -0.120. The summed E-state index contributed by atoms with van der Waals surface area (Å²) in [6, 6.07) is 0. The molecule has 0 aliphatic rings. The topological polar surface area (TPSA) is 41.5 Å². The van der Waals surface area contributed by atoms with Gasteiger partial charge < -0.3 is 15.2 Å². The van der Waals surface area contributed by atoms with Crippen LogP contribution in [0.3, 0.4) is 0 Å². The van der Waals surface area contributed by atoms with E-state index in [0.717, 1.165) is 13.0 Å². The minimum absolute atomic E-state index is 0.0799. The lowest BCUT2D eigenvalue weighted by atomic mass is 10.0. The number of ether oxygens (including phenoxy) is 1. The van der Waals surface area contributed by atoms with Gasteiger partial charge in [0.1, 0.15) is 0 Å². The van der Waals surface area contributed by atoms with Gasteiger partial charge in [-0.2, -0.15) is 0 Å². The van der Waals surface area contributed by atoms with Crippen LogP contribution in [-0.2, 0) is 4.74 Å². The number of hydrogen-bond donors (Lipinski definition) is 2. The van der Waals surface area contributed by atoms with Crippen molar-refractivity contribution in [2.75, 3.05) is 19.8 Å². The average Bonchev–Trinajstić information content (AvgIpc) is 2.11. The molecule has 0 spiro atoms. The van der Waals surface area contributed by atoms with Gasteiger partial charge in [-0.1, -0.05) is 6.92 Å². The molecule has 0 saturated heterocycles. The first kappa shape index (κ1) is 13.9. The average molecular weight is 203 g/mol. The summed E-state index contributed by atoms with van der Waals surface area (Å²) in [5.41, 5.74) is -0.245. The van der Waals surface area contributed by atoms with E-state index in [2.05, 4.69) is 12.2 Å². The summed E-state index contributed by atoms with van der Waals surface area (Å²) in [4.78, 5) is 0. The highest BCUT2D eigenvalue weighted by atomic mass is 16.5. The van der Waals surface area contributed by atoms with Gasteiger partial charge in [-0.3, -0.25) is 0 Å². The number of rotatable bonds is 6. The molecule has 14 heavy (non-hydrogen) atoms. The van der Waals surface area contributed by atoms with Crippen molar-refractivity contribution in [1.82, 2.24) is 5.32 Å². The molecule has 0 heterocycles. The fourth-order valence-corrected chi connectivity index (χ4v) is 1.00. The molecule has 3 heteroatoms. The van der Waals surface area contributed by atoms with Crippen molar-refractivity contribution >= 4 is 0 Å². The predicted molar refractivity (Wildman–Crippen MR) is 59.5 cm³/mol. The van der Waals surface area contributed by atoms with Gasteiger partial charge in [-0.25, -0.2) is 0 Å². The third-order valence-corrected chi connectivity index (χ3v) is 2.32. The third kappa shape index (κ3) is 6.35. The van der Waals surface area contributed by atoms with Gasteiger partial charge >= 0.3 is 0 Å². The molecule has 0 radical (unpaired) electrons. The maximum Gasteiger partial charge on any atom is 0.0610 e. The Labute approximate surface area is 87.8 Å². The van der Waals surface area contributed by atoms with Crippen LogP contribution in [0.4, 0.5) is 0 Å². The Morgan fingerprint density at radius 2 is 1.79 bits per heavy atom. The first-order chi connectivity index (χ1) is 6.33. The molecule has 0 aromatic carbocycles. The van der Waals surface area contributed by atoms with E-state index in [1.807, 2.05) is 27.7 Å². The number of aliphatic hydroxyl groups is 1. The Morgan fingerprint density at radius 3 is 2.14 bits per heavy atom. The molecule has 1 unspecified atom stereocenters. The van der Waals surface area contributed by atoms with E-state index in [-0.39, 0.29) is 17.7 Å². The molecule has 0 amide bonds. The zero-order valence-corrected chi connectivity index (χ0v) is 10.2. The zero-order valence-electron chi connectivity index (χ0n) is 10.2. The normalized spacial score (nSPS) is 16.7. The van der Waals surface area contributed by atoms with E-state index in [9.17, 15) is 0 Å². The highest BCUT2D eigenvalue weighted by molar-refractivity contribution is 4.80. The van der Waals surface area contributed by atoms with Crippen molar-refractivity contribution in [2.45, 2.75) is 52.2 Å². The maximum absolute atomic E-state index is 9.14. The van der Waals surface area contributed by atoms with E-state index in [4.69, 9.17) is 9.84 Å². The van der Waals surface area contributed by atoms with Gasteiger partial charge in [0.2, 0.25) is 0 Å². The summed E-state index contributed by atoms with van der Waals surface area (Å²) in [6.45, 7) is 11.8. The molecule has 1 atom stereocenters. The first-order valence-electron chi connectivity index (χ1n) is 5.33. The second-order valence-electron chi connectivity index (χ2n) is 4.96. The van der Waals surface area contributed by atoms with E-state index in [0.29, 0.717) is 6.61 Å². The molecule has 86 valence electrons. The van der Waals surface area contributed by atoms with Gasteiger partial charge in [0.15, 0.2) is 0 Å². The fraction of sp³-hybridized carbons (Fsp3) is 1.00. The Balaban J connectivity index is 3.63. The Kier molecular flexibility index (Phi) is 5.64. The van der Waals surface area contributed by atoms with E-state index < -0.39 is 0 Å². The summed E-state index contributed by atoms with van der Waals surface area (Å²) in [7, 11) is 0. The second kappa shape index (κ2) is 5.69. The van der Waals surface area contributed by atoms with Crippen LogP contribution in [0.25, 0.3) is 0 Å². The van der Waals surface area contributed by atoms with Crippen molar-refractivity contribution < 1.29 is 9.84 Å². The standard InChI is InChI=1S/C11H25NO2/c1-6-11(5,9-13)12-7-8-14-10(2,3)4/h12-13H,6-9H2,1-5H3. The molecule has 0 aliphatic heterocycles. The van der Waals surface area contributed by atoms with E-state index in [1.165, 1.54) is 0 Å². The molecule has 0 fully saturated rings. The summed E-state index contributed by atoms with van der Waals surface area (Å²) in [6.07, 6.45) is 0.916. The van der Waals surface area contributed by atoms with E-state index >= 15 is 0 Å². The first-order valence-corrected chi connectivity index (χ1v) is 5.33. The van der Waals surface area contributed by atoms with Crippen LogP contribution in [0, 0.1) is 0 Å². The summed E-state index contributed by atoms with van der Waals surface area (Å²) >= 11 is 0. The van der Waals surface area contributed by atoms with Gasteiger partial charge in [0, 0.05) is 12.1 Å². The minimum Gasteiger partial charge on any atom is -0.394 e. The minimum atomic E-state index is -0.165.